The summed E-state index contributed by atoms with van der Waals surface area (Å²) in [4.78, 5) is 0. The Kier molecular flexibility index (Phi) is 4.75. The fraction of sp³-hybridized carbons (Fsp3) is 0.200. The highest BCUT2D eigenvalue weighted by Gasteiger charge is 2.22. The molecule has 0 unspecified atom stereocenters. The van der Waals surface area contributed by atoms with E-state index in [1.54, 1.807) is 0 Å². The van der Waals surface area contributed by atoms with E-state index < -0.39 is 0 Å². The number of para-hydroxylation sites is 2. The third-order valence-electron chi connectivity index (χ3n) is 3.79. The van der Waals surface area contributed by atoms with Crippen LogP contribution in [0.15, 0.2) is 84.2 Å². The second-order valence-corrected chi connectivity index (χ2v) is 6.67. The monoisotopic (exact) mass is 320 g/mol. The summed E-state index contributed by atoms with van der Waals surface area (Å²) in [6, 6.07) is 20.2. The molecule has 1 aliphatic carbocycles. The van der Waals surface area contributed by atoms with Gasteiger partial charge in [-0.3, -0.25) is 0 Å². The molecule has 4 nitrogen and oxygen atoms in total. The van der Waals surface area contributed by atoms with E-state index in [1.807, 2.05) is 60.7 Å². The summed E-state index contributed by atoms with van der Waals surface area (Å²) in [5, 5.41) is 0. The highest BCUT2D eigenvalue weighted by Crippen LogP contribution is 2.31. The molecule has 1 aliphatic rings. The predicted octanol–water partition coefficient (Wildman–Crippen LogP) is 4.42. The number of anilines is 2. The number of hydrazine groups is 2. The molecular weight excluding hydrogens is 296 g/mol. The zero-order valence-corrected chi connectivity index (χ0v) is 14.1. The van der Waals surface area contributed by atoms with Crippen molar-refractivity contribution in [3.63, 3.8) is 0 Å². The summed E-state index contributed by atoms with van der Waals surface area (Å²) in [7, 11) is 0. The summed E-state index contributed by atoms with van der Waals surface area (Å²) in [6.45, 7) is 4.46. The molecule has 0 saturated carbocycles. The van der Waals surface area contributed by atoms with Crippen LogP contribution in [0.2, 0.25) is 0 Å². The van der Waals surface area contributed by atoms with Crippen molar-refractivity contribution in [2.45, 2.75) is 20.3 Å². The molecule has 0 atom stereocenters. The second kappa shape index (κ2) is 7.13. The quantitative estimate of drug-likeness (QED) is 0.595. The third-order valence-corrected chi connectivity index (χ3v) is 3.79. The SMILES string of the molecule is CC1(C)C=C(NNc2ccccc2)C=C(NNc2ccccc2)C1. The summed E-state index contributed by atoms with van der Waals surface area (Å²) in [6.07, 6.45) is 5.32. The van der Waals surface area contributed by atoms with Gasteiger partial charge < -0.3 is 21.7 Å². The Hall–Kier alpha value is -2.88. The zero-order valence-electron chi connectivity index (χ0n) is 14.1. The zero-order chi connectivity index (χ0) is 16.8. The maximum absolute atomic E-state index is 3.32. The molecule has 24 heavy (non-hydrogen) atoms. The molecule has 0 aliphatic heterocycles. The van der Waals surface area contributed by atoms with E-state index in [-0.39, 0.29) is 5.41 Å². The maximum Gasteiger partial charge on any atom is 0.0539 e. The molecule has 0 bridgehead atoms. The van der Waals surface area contributed by atoms with E-state index in [0.717, 1.165) is 29.2 Å². The Morgan fingerprint density at radius 1 is 0.708 bits per heavy atom. The van der Waals surface area contributed by atoms with Gasteiger partial charge in [-0.1, -0.05) is 56.3 Å². The number of rotatable bonds is 6. The van der Waals surface area contributed by atoms with Crippen LogP contribution in [0.3, 0.4) is 0 Å². The van der Waals surface area contributed by atoms with Gasteiger partial charge in [-0.25, -0.2) is 0 Å². The van der Waals surface area contributed by atoms with E-state index >= 15 is 0 Å². The van der Waals surface area contributed by atoms with Crippen LogP contribution in [-0.2, 0) is 0 Å². The third kappa shape index (κ3) is 4.56. The topological polar surface area (TPSA) is 48.1 Å². The van der Waals surface area contributed by atoms with Gasteiger partial charge in [-0.05, 0) is 42.2 Å². The molecule has 0 aromatic heterocycles. The Morgan fingerprint density at radius 2 is 1.25 bits per heavy atom. The lowest BCUT2D eigenvalue weighted by Gasteiger charge is -2.29. The van der Waals surface area contributed by atoms with E-state index in [0.29, 0.717) is 0 Å². The molecule has 0 radical (unpaired) electrons. The maximum atomic E-state index is 3.32. The van der Waals surface area contributed by atoms with E-state index in [4.69, 9.17) is 0 Å². The summed E-state index contributed by atoms with van der Waals surface area (Å²) < 4.78 is 0. The van der Waals surface area contributed by atoms with Crippen molar-refractivity contribution < 1.29 is 0 Å². The number of nitrogens with one attached hydrogen (secondary N) is 4. The Bertz CT molecular complexity index is 718. The average molecular weight is 320 g/mol. The van der Waals surface area contributed by atoms with E-state index in [2.05, 4.69) is 47.7 Å². The average Bonchev–Trinajstić information content (AvgIpc) is 2.59. The minimum Gasteiger partial charge on any atom is -0.305 e. The molecular formula is C20H24N4. The lowest BCUT2D eigenvalue weighted by atomic mass is 9.83. The van der Waals surface area contributed by atoms with Crippen molar-refractivity contribution in [1.82, 2.24) is 10.9 Å². The van der Waals surface area contributed by atoms with Crippen molar-refractivity contribution in [3.05, 3.63) is 84.2 Å². The van der Waals surface area contributed by atoms with Crippen LogP contribution in [0.25, 0.3) is 0 Å². The van der Waals surface area contributed by atoms with Gasteiger partial charge in [-0.15, -0.1) is 0 Å². The number of hydrogen-bond donors (Lipinski definition) is 4. The molecule has 2 aromatic carbocycles. The highest BCUT2D eigenvalue weighted by molar-refractivity contribution is 5.44. The fourth-order valence-corrected chi connectivity index (χ4v) is 2.74. The van der Waals surface area contributed by atoms with Crippen LogP contribution in [-0.4, -0.2) is 0 Å². The van der Waals surface area contributed by atoms with Crippen molar-refractivity contribution in [1.29, 1.82) is 0 Å². The van der Waals surface area contributed by atoms with Gasteiger partial charge in [0.25, 0.3) is 0 Å². The molecule has 0 saturated heterocycles. The first-order valence-electron chi connectivity index (χ1n) is 8.18. The van der Waals surface area contributed by atoms with Crippen LogP contribution in [0, 0.1) is 5.41 Å². The molecule has 0 fully saturated rings. The Morgan fingerprint density at radius 3 is 1.83 bits per heavy atom. The second-order valence-electron chi connectivity index (χ2n) is 6.67. The summed E-state index contributed by atoms with van der Waals surface area (Å²) in [5.74, 6) is 0. The lowest BCUT2D eigenvalue weighted by Crippen LogP contribution is -2.30. The molecule has 124 valence electrons. The molecule has 4 heteroatoms. The van der Waals surface area contributed by atoms with Crippen LogP contribution in [0.1, 0.15) is 20.3 Å². The predicted molar refractivity (Wildman–Crippen MR) is 101 cm³/mol. The van der Waals surface area contributed by atoms with Gasteiger partial charge in [-0.2, -0.15) is 0 Å². The van der Waals surface area contributed by atoms with Crippen LogP contribution in [0.5, 0.6) is 0 Å². The van der Waals surface area contributed by atoms with Gasteiger partial charge in [0, 0.05) is 5.70 Å². The van der Waals surface area contributed by atoms with Crippen LogP contribution < -0.4 is 21.7 Å². The lowest BCUT2D eigenvalue weighted by molar-refractivity contribution is 0.451. The molecule has 0 heterocycles. The van der Waals surface area contributed by atoms with Crippen molar-refractivity contribution in [3.8, 4) is 0 Å². The van der Waals surface area contributed by atoms with Crippen LogP contribution in [0.4, 0.5) is 11.4 Å². The molecule has 0 amide bonds. The number of benzene rings is 2. The van der Waals surface area contributed by atoms with Crippen molar-refractivity contribution in [2.75, 3.05) is 10.9 Å². The van der Waals surface area contributed by atoms with Gasteiger partial charge >= 0.3 is 0 Å². The van der Waals surface area contributed by atoms with Gasteiger partial charge in [0.2, 0.25) is 0 Å². The van der Waals surface area contributed by atoms with Crippen LogP contribution >= 0.6 is 0 Å². The van der Waals surface area contributed by atoms with Crippen molar-refractivity contribution >= 4 is 11.4 Å². The largest absolute Gasteiger partial charge is 0.305 e. The molecule has 0 spiro atoms. The Balaban J connectivity index is 1.64. The smallest absolute Gasteiger partial charge is 0.0539 e. The summed E-state index contributed by atoms with van der Waals surface area (Å²) in [5.41, 5.74) is 17.4. The summed E-state index contributed by atoms with van der Waals surface area (Å²) >= 11 is 0. The normalized spacial score (nSPS) is 15.8. The van der Waals surface area contributed by atoms with Crippen molar-refractivity contribution in [2.24, 2.45) is 5.41 Å². The minimum absolute atomic E-state index is 0.0795. The first-order valence-corrected chi connectivity index (χ1v) is 8.18. The van der Waals surface area contributed by atoms with E-state index in [9.17, 15) is 0 Å². The first kappa shape index (κ1) is 16.0. The molecule has 3 rings (SSSR count). The van der Waals surface area contributed by atoms with Gasteiger partial charge in [0.1, 0.15) is 0 Å². The number of allylic oxidation sites excluding steroid dienone is 3. The number of hydrogen-bond acceptors (Lipinski definition) is 4. The minimum atomic E-state index is 0.0795. The highest BCUT2D eigenvalue weighted by atomic mass is 15.4. The molecule has 2 aromatic rings. The fourth-order valence-electron chi connectivity index (χ4n) is 2.74. The van der Waals surface area contributed by atoms with Gasteiger partial charge in [0.15, 0.2) is 0 Å². The first-order chi connectivity index (χ1) is 11.6. The van der Waals surface area contributed by atoms with Gasteiger partial charge in [0.05, 0.1) is 17.1 Å². The Labute approximate surface area is 143 Å². The van der Waals surface area contributed by atoms with E-state index in [1.165, 1.54) is 0 Å². The molecule has 4 N–H and O–H groups in total. The standard InChI is InChI=1S/C20H24N4/c1-20(2)14-18(23-21-16-9-5-3-6-10-16)13-19(15-20)24-22-17-11-7-4-8-12-17/h3-14,21-24H,15H2,1-2H3.